The molecule has 0 bridgehead atoms. The van der Waals surface area contributed by atoms with Crippen molar-refractivity contribution in [1.29, 1.82) is 0 Å². The van der Waals surface area contributed by atoms with Crippen LogP contribution in [0.2, 0.25) is 0 Å². The van der Waals surface area contributed by atoms with Gasteiger partial charge in [-0.05, 0) is 54.8 Å². The first-order chi connectivity index (χ1) is 12.8. The molecule has 1 aliphatic rings. The minimum atomic E-state index is -3.67. The van der Waals surface area contributed by atoms with Crippen LogP contribution in [0, 0.1) is 5.82 Å². The monoisotopic (exact) mass is 392 g/mol. The predicted octanol–water partition coefficient (Wildman–Crippen LogP) is 2.47. The lowest BCUT2D eigenvalue weighted by Gasteiger charge is -2.32. The van der Waals surface area contributed by atoms with Crippen LogP contribution >= 0.6 is 0 Å². The summed E-state index contributed by atoms with van der Waals surface area (Å²) in [5, 5.41) is 9.07. The van der Waals surface area contributed by atoms with Gasteiger partial charge in [0.2, 0.25) is 10.0 Å². The van der Waals surface area contributed by atoms with Crippen molar-refractivity contribution in [3.05, 3.63) is 65.5 Å². The molecule has 0 radical (unpaired) electrons. The Morgan fingerprint density at radius 1 is 1.15 bits per heavy atom. The van der Waals surface area contributed by atoms with Crippen LogP contribution in [-0.2, 0) is 16.6 Å². The largest absolute Gasteiger partial charge is 0.478 e. The van der Waals surface area contributed by atoms with E-state index in [9.17, 15) is 17.6 Å². The molecule has 0 unspecified atom stereocenters. The van der Waals surface area contributed by atoms with Gasteiger partial charge in [0.15, 0.2) is 0 Å². The Morgan fingerprint density at radius 3 is 2.44 bits per heavy atom. The average Bonchev–Trinajstić information content (AvgIpc) is 2.64. The fraction of sp³-hybridized carbons (Fsp3) is 0.316. The van der Waals surface area contributed by atoms with Crippen LogP contribution in [0.4, 0.5) is 4.39 Å². The van der Waals surface area contributed by atoms with E-state index in [1.54, 1.807) is 18.2 Å². The highest BCUT2D eigenvalue weighted by atomic mass is 32.2. The molecule has 1 saturated heterocycles. The van der Waals surface area contributed by atoms with Crippen molar-refractivity contribution in [3.63, 3.8) is 0 Å². The van der Waals surface area contributed by atoms with Crippen molar-refractivity contribution in [2.75, 3.05) is 13.1 Å². The summed E-state index contributed by atoms with van der Waals surface area (Å²) < 4.78 is 40.4. The molecule has 0 amide bonds. The number of carboxylic acids is 1. The minimum Gasteiger partial charge on any atom is -0.478 e. The van der Waals surface area contributed by atoms with E-state index in [1.807, 2.05) is 6.07 Å². The molecule has 1 heterocycles. The van der Waals surface area contributed by atoms with Crippen LogP contribution < -0.4 is 4.72 Å². The summed E-state index contributed by atoms with van der Waals surface area (Å²) in [4.78, 5) is 13.3. The Hall–Kier alpha value is -2.29. The summed E-state index contributed by atoms with van der Waals surface area (Å²) in [6.07, 6.45) is 1.30. The second-order valence-corrected chi connectivity index (χ2v) is 8.35. The molecule has 0 aromatic heterocycles. The highest BCUT2D eigenvalue weighted by molar-refractivity contribution is 7.89. The second-order valence-electron chi connectivity index (χ2n) is 6.63. The molecule has 3 rings (SSSR count). The molecular weight excluding hydrogens is 371 g/mol. The van der Waals surface area contributed by atoms with Crippen LogP contribution in [0.5, 0.6) is 0 Å². The second kappa shape index (κ2) is 8.16. The Labute approximate surface area is 157 Å². The number of nitrogens with zero attached hydrogens (tertiary/aromatic N) is 1. The zero-order valence-corrected chi connectivity index (χ0v) is 15.5. The Balaban J connectivity index is 1.55. The van der Waals surface area contributed by atoms with E-state index in [2.05, 4.69) is 9.62 Å². The van der Waals surface area contributed by atoms with Crippen molar-refractivity contribution in [3.8, 4) is 0 Å². The number of likely N-dealkylation sites (tertiary alicyclic amines) is 1. The topological polar surface area (TPSA) is 86.7 Å². The summed E-state index contributed by atoms with van der Waals surface area (Å²) in [6, 6.07) is 11.4. The highest BCUT2D eigenvalue weighted by Gasteiger charge is 2.24. The van der Waals surface area contributed by atoms with E-state index in [0.29, 0.717) is 32.5 Å². The van der Waals surface area contributed by atoms with Crippen LogP contribution in [0.25, 0.3) is 0 Å². The zero-order valence-electron chi connectivity index (χ0n) is 14.6. The van der Waals surface area contributed by atoms with Crippen LogP contribution in [-0.4, -0.2) is 43.5 Å². The van der Waals surface area contributed by atoms with Gasteiger partial charge in [0.1, 0.15) is 5.82 Å². The summed E-state index contributed by atoms with van der Waals surface area (Å²) >= 11 is 0. The van der Waals surface area contributed by atoms with E-state index in [-0.39, 0.29) is 16.5 Å². The number of sulfonamides is 1. The number of hydrogen-bond acceptors (Lipinski definition) is 4. The maximum atomic E-state index is 13.0. The molecule has 0 atom stereocenters. The molecule has 6 nitrogen and oxygen atoms in total. The van der Waals surface area contributed by atoms with E-state index in [1.165, 1.54) is 12.1 Å². The molecule has 8 heteroatoms. The van der Waals surface area contributed by atoms with Crippen molar-refractivity contribution in [1.82, 2.24) is 9.62 Å². The minimum absolute atomic E-state index is 0.0526. The highest BCUT2D eigenvalue weighted by Crippen LogP contribution is 2.18. The molecule has 1 aliphatic heterocycles. The number of hydrogen-bond donors (Lipinski definition) is 2. The van der Waals surface area contributed by atoms with Crippen molar-refractivity contribution >= 4 is 16.0 Å². The fourth-order valence-corrected chi connectivity index (χ4v) is 4.48. The quantitative estimate of drug-likeness (QED) is 0.789. The predicted molar refractivity (Wildman–Crippen MR) is 98.4 cm³/mol. The van der Waals surface area contributed by atoms with Gasteiger partial charge in [0.05, 0.1) is 10.5 Å². The normalized spacial score (nSPS) is 16.3. The molecule has 0 spiro atoms. The number of rotatable bonds is 6. The maximum absolute atomic E-state index is 13.0. The van der Waals surface area contributed by atoms with E-state index in [0.717, 1.165) is 17.7 Å². The number of nitrogens with one attached hydrogen (secondary N) is 1. The van der Waals surface area contributed by atoms with E-state index in [4.69, 9.17) is 5.11 Å². The van der Waals surface area contributed by atoms with E-state index >= 15 is 0 Å². The Morgan fingerprint density at radius 2 is 1.81 bits per heavy atom. The Bertz CT molecular complexity index is 908. The molecule has 2 aromatic rings. The smallest absolute Gasteiger partial charge is 0.335 e. The van der Waals surface area contributed by atoms with Crippen molar-refractivity contribution in [2.45, 2.75) is 30.3 Å². The molecule has 0 aliphatic carbocycles. The molecule has 2 aromatic carbocycles. The van der Waals surface area contributed by atoms with Crippen LogP contribution in [0.1, 0.15) is 28.8 Å². The molecule has 1 fully saturated rings. The summed E-state index contributed by atoms with van der Waals surface area (Å²) in [5.74, 6) is -1.43. The Kier molecular flexibility index (Phi) is 5.88. The zero-order chi connectivity index (χ0) is 19.4. The lowest BCUT2D eigenvalue weighted by Crippen LogP contribution is -2.44. The van der Waals surface area contributed by atoms with Gasteiger partial charge in [0.25, 0.3) is 0 Å². The van der Waals surface area contributed by atoms with E-state index < -0.39 is 21.8 Å². The van der Waals surface area contributed by atoms with Gasteiger partial charge in [-0.2, -0.15) is 0 Å². The number of piperidine rings is 1. The lowest BCUT2D eigenvalue weighted by molar-refractivity contribution is 0.0696. The average molecular weight is 392 g/mol. The third kappa shape index (κ3) is 5.12. The number of carboxylic acid groups (broad SMARTS) is 1. The van der Waals surface area contributed by atoms with Crippen molar-refractivity contribution < 1.29 is 22.7 Å². The standard InChI is InChI=1S/C19H21FN2O4S/c20-16-4-6-18(7-5-16)27(25,26)21-17-8-10-22(11-9-17)13-14-2-1-3-15(12-14)19(23)24/h1-7,12,17,21H,8-11,13H2,(H,23,24). The number of aromatic carboxylic acids is 1. The molecule has 27 heavy (non-hydrogen) atoms. The first kappa shape index (κ1) is 19.5. The van der Waals surface area contributed by atoms with Gasteiger partial charge in [-0.1, -0.05) is 12.1 Å². The van der Waals surface area contributed by atoms with Gasteiger partial charge < -0.3 is 5.11 Å². The lowest BCUT2D eigenvalue weighted by atomic mass is 10.0. The summed E-state index contributed by atoms with van der Waals surface area (Å²) in [5.41, 5.74) is 1.18. The number of carbonyl (C=O) groups is 1. The van der Waals surface area contributed by atoms with Crippen LogP contribution in [0.15, 0.2) is 53.4 Å². The first-order valence-electron chi connectivity index (χ1n) is 8.66. The number of halogens is 1. The third-order valence-electron chi connectivity index (χ3n) is 4.61. The first-order valence-corrected chi connectivity index (χ1v) is 10.1. The molecular formula is C19H21FN2O4S. The van der Waals surface area contributed by atoms with Gasteiger partial charge in [0, 0.05) is 25.7 Å². The van der Waals surface area contributed by atoms with Crippen molar-refractivity contribution in [2.24, 2.45) is 0 Å². The summed E-state index contributed by atoms with van der Waals surface area (Å²) in [7, 11) is -3.67. The van der Waals surface area contributed by atoms with Gasteiger partial charge in [-0.25, -0.2) is 22.3 Å². The third-order valence-corrected chi connectivity index (χ3v) is 6.15. The van der Waals surface area contributed by atoms with Gasteiger partial charge in [-0.3, -0.25) is 4.90 Å². The maximum Gasteiger partial charge on any atom is 0.335 e. The number of benzene rings is 2. The fourth-order valence-electron chi connectivity index (χ4n) is 3.17. The molecule has 2 N–H and O–H groups in total. The molecule has 0 saturated carbocycles. The summed E-state index contributed by atoms with van der Waals surface area (Å²) in [6.45, 7) is 2.03. The van der Waals surface area contributed by atoms with Gasteiger partial charge in [-0.15, -0.1) is 0 Å². The van der Waals surface area contributed by atoms with Gasteiger partial charge >= 0.3 is 5.97 Å². The van der Waals surface area contributed by atoms with Crippen LogP contribution in [0.3, 0.4) is 0 Å². The SMILES string of the molecule is O=C(O)c1cccc(CN2CCC(NS(=O)(=O)c3ccc(F)cc3)CC2)c1. The molecule has 144 valence electrons.